The maximum absolute atomic E-state index is 11.5. The molecule has 1 amide bonds. The Morgan fingerprint density at radius 3 is 2.58 bits per heavy atom. The van der Waals surface area contributed by atoms with Crippen LogP contribution in [0.25, 0.3) is 0 Å². The number of aliphatic hydroxyl groups excluding tert-OH is 1. The van der Waals surface area contributed by atoms with Crippen LogP contribution in [0, 0.1) is 0 Å². The zero-order chi connectivity index (χ0) is 14.4. The summed E-state index contributed by atoms with van der Waals surface area (Å²) in [6, 6.07) is 0. The summed E-state index contributed by atoms with van der Waals surface area (Å²) in [6.07, 6.45) is 0.235. The number of carbonyl (C=O) groups excluding carboxylic acids is 1. The van der Waals surface area contributed by atoms with E-state index in [1.54, 1.807) is 18.7 Å². The molecule has 106 valence electrons. The van der Waals surface area contributed by atoms with Crippen LogP contribution in [-0.4, -0.2) is 61.6 Å². The second kappa shape index (κ2) is 7.10. The molecule has 0 saturated heterocycles. The van der Waals surface area contributed by atoms with Crippen molar-refractivity contribution in [2.24, 2.45) is 0 Å². The Labute approximate surface area is 114 Å². The van der Waals surface area contributed by atoms with Crippen molar-refractivity contribution in [3.05, 3.63) is 5.82 Å². The second-order valence-corrected chi connectivity index (χ2v) is 4.87. The molecule has 0 bridgehead atoms. The highest BCUT2D eigenvalue weighted by Crippen LogP contribution is 2.17. The highest BCUT2D eigenvalue weighted by Gasteiger charge is 2.14. The fraction of sp³-hybridized carbons (Fsp3) is 0.600. The number of rotatable bonds is 7. The van der Waals surface area contributed by atoms with Gasteiger partial charge < -0.3 is 19.7 Å². The molecule has 9 heteroatoms. The van der Waals surface area contributed by atoms with Gasteiger partial charge in [-0.2, -0.15) is 0 Å². The predicted molar refractivity (Wildman–Crippen MR) is 67.6 cm³/mol. The third-order valence-electron chi connectivity index (χ3n) is 2.31. The summed E-state index contributed by atoms with van der Waals surface area (Å²) in [7, 11) is 3.31. The quantitative estimate of drug-likeness (QED) is 0.646. The van der Waals surface area contributed by atoms with E-state index in [2.05, 4.69) is 10.2 Å². The Bertz CT molecular complexity index is 460. The highest BCUT2D eigenvalue weighted by atomic mass is 32.2. The first-order valence-corrected chi connectivity index (χ1v) is 6.52. The monoisotopic (exact) mass is 288 g/mol. The van der Waals surface area contributed by atoms with Crippen LogP contribution < -0.4 is 0 Å². The van der Waals surface area contributed by atoms with Crippen LogP contribution in [0.3, 0.4) is 0 Å². The van der Waals surface area contributed by atoms with E-state index in [9.17, 15) is 9.59 Å². The number of hydrogen-bond acceptors (Lipinski definition) is 6. The van der Waals surface area contributed by atoms with E-state index in [1.165, 1.54) is 4.90 Å². The summed E-state index contributed by atoms with van der Waals surface area (Å²) in [4.78, 5) is 23.5. The van der Waals surface area contributed by atoms with Crippen molar-refractivity contribution in [2.45, 2.75) is 24.7 Å². The number of thioether (sulfide) groups is 1. The summed E-state index contributed by atoms with van der Waals surface area (Å²) in [5, 5.41) is 25.7. The molecule has 1 aromatic rings. The van der Waals surface area contributed by atoms with Crippen molar-refractivity contribution in [2.75, 3.05) is 19.8 Å². The molecule has 1 aromatic heterocycles. The SMILES string of the molecule is CN(C)C(=O)CCn1c(CO)nnc1SCC(=O)O. The Morgan fingerprint density at radius 1 is 1.37 bits per heavy atom. The third-order valence-corrected chi connectivity index (χ3v) is 3.26. The van der Waals surface area contributed by atoms with Gasteiger partial charge in [-0.1, -0.05) is 11.8 Å². The molecular formula is C10H16N4O4S. The average Bonchev–Trinajstić information content (AvgIpc) is 2.75. The number of nitrogens with zero attached hydrogens (tertiary/aromatic N) is 4. The summed E-state index contributed by atoms with van der Waals surface area (Å²) >= 11 is 1.01. The van der Waals surface area contributed by atoms with Gasteiger partial charge in [0.1, 0.15) is 6.61 Å². The Balaban J connectivity index is 2.75. The number of carboxylic acids is 1. The molecule has 0 saturated carbocycles. The lowest BCUT2D eigenvalue weighted by molar-refractivity contribution is -0.134. The molecule has 0 aliphatic carbocycles. The van der Waals surface area contributed by atoms with Crippen LogP contribution in [0.5, 0.6) is 0 Å². The molecule has 2 N–H and O–H groups in total. The lowest BCUT2D eigenvalue weighted by atomic mass is 10.4. The minimum absolute atomic E-state index is 0.0632. The highest BCUT2D eigenvalue weighted by molar-refractivity contribution is 7.99. The van der Waals surface area contributed by atoms with Crippen LogP contribution in [-0.2, 0) is 22.7 Å². The molecule has 19 heavy (non-hydrogen) atoms. The van der Waals surface area contributed by atoms with Gasteiger partial charge in [0.05, 0.1) is 5.75 Å². The van der Waals surface area contributed by atoms with Crippen LogP contribution in [0.15, 0.2) is 5.16 Å². The number of carboxylic acid groups (broad SMARTS) is 1. The van der Waals surface area contributed by atoms with Gasteiger partial charge in [-0.15, -0.1) is 10.2 Å². The summed E-state index contributed by atoms with van der Waals surface area (Å²) in [6.45, 7) is -0.00134. The fourth-order valence-corrected chi connectivity index (χ4v) is 2.03. The number of aliphatic hydroxyl groups is 1. The second-order valence-electron chi connectivity index (χ2n) is 3.93. The standard InChI is InChI=1S/C10H16N4O4S/c1-13(2)8(16)3-4-14-7(5-15)11-12-10(14)19-6-9(17)18/h15H,3-6H2,1-2H3,(H,17,18). The largest absolute Gasteiger partial charge is 0.481 e. The van der Waals surface area contributed by atoms with Crippen LogP contribution >= 0.6 is 11.8 Å². The van der Waals surface area contributed by atoms with Gasteiger partial charge >= 0.3 is 5.97 Å². The Hall–Kier alpha value is -1.61. The average molecular weight is 288 g/mol. The van der Waals surface area contributed by atoms with E-state index in [0.717, 1.165) is 11.8 Å². The number of aliphatic carboxylic acids is 1. The maximum Gasteiger partial charge on any atom is 0.313 e. The molecule has 0 aromatic carbocycles. The van der Waals surface area contributed by atoms with E-state index in [-0.39, 0.29) is 24.7 Å². The van der Waals surface area contributed by atoms with Gasteiger partial charge in [-0.05, 0) is 0 Å². The number of carbonyl (C=O) groups is 2. The first kappa shape index (κ1) is 15.4. The number of hydrogen-bond donors (Lipinski definition) is 2. The van der Waals surface area contributed by atoms with Gasteiger partial charge in [0.25, 0.3) is 0 Å². The van der Waals surface area contributed by atoms with Crippen LogP contribution in [0.1, 0.15) is 12.2 Å². The fourth-order valence-electron chi connectivity index (χ4n) is 1.32. The molecule has 0 unspecified atom stereocenters. The molecule has 0 fully saturated rings. The van der Waals surface area contributed by atoms with E-state index in [0.29, 0.717) is 17.5 Å². The molecule has 0 radical (unpaired) electrons. The topological polar surface area (TPSA) is 109 Å². The summed E-state index contributed by atoms with van der Waals surface area (Å²) in [5.41, 5.74) is 0. The van der Waals surface area contributed by atoms with Gasteiger partial charge in [-0.25, -0.2) is 0 Å². The molecule has 0 aliphatic rings. The van der Waals surface area contributed by atoms with Crippen molar-refractivity contribution in [1.29, 1.82) is 0 Å². The summed E-state index contributed by atoms with van der Waals surface area (Å²) < 4.78 is 1.56. The van der Waals surface area contributed by atoms with Crippen molar-refractivity contribution in [3.8, 4) is 0 Å². The normalized spacial score (nSPS) is 10.5. The van der Waals surface area contributed by atoms with Gasteiger partial charge in [0.15, 0.2) is 11.0 Å². The van der Waals surface area contributed by atoms with Gasteiger partial charge in [-0.3, -0.25) is 9.59 Å². The van der Waals surface area contributed by atoms with Crippen molar-refractivity contribution >= 4 is 23.6 Å². The zero-order valence-corrected chi connectivity index (χ0v) is 11.6. The van der Waals surface area contributed by atoms with E-state index in [1.807, 2.05) is 0 Å². The lowest BCUT2D eigenvalue weighted by Gasteiger charge is -2.12. The maximum atomic E-state index is 11.5. The minimum Gasteiger partial charge on any atom is -0.481 e. The van der Waals surface area contributed by atoms with Crippen LogP contribution in [0.2, 0.25) is 0 Å². The smallest absolute Gasteiger partial charge is 0.313 e. The zero-order valence-electron chi connectivity index (χ0n) is 10.7. The Morgan fingerprint density at radius 2 is 2.05 bits per heavy atom. The Kier molecular flexibility index (Phi) is 5.77. The molecule has 0 spiro atoms. The number of amides is 1. The molecule has 1 rings (SSSR count). The molecule has 0 aliphatic heterocycles. The summed E-state index contributed by atoms with van der Waals surface area (Å²) in [5.74, 6) is -0.855. The van der Waals surface area contributed by atoms with Gasteiger partial charge in [0.2, 0.25) is 5.91 Å². The van der Waals surface area contributed by atoms with Gasteiger partial charge in [0, 0.05) is 27.1 Å². The van der Waals surface area contributed by atoms with Crippen LogP contribution in [0.4, 0.5) is 0 Å². The first-order chi connectivity index (χ1) is 8.95. The van der Waals surface area contributed by atoms with E-state index in [4.69, 9.17) is 10.2 Å². The lowest BCUT2D eigenvalue weighted by Crippen LogP contribution is -2.23. The molecular weight excluding hydrogens is 272 g/mol. The number of aromatic nitrogens is 3. The third kappa shape index (κ3) is 4.52. The first-order valence-electron chi connectivity index (χ1n) is 5.53. The van der Waals surface area contributed by atoms with Crippen molar-refractivity contribution in [3.63, 3.8) is 0 Å². The molecule has 1 heterocycles. The van der Waals surface area contributed by atoms with E-state index < -0.39 is 5.97 Å². The van der Waals surface area contributed by atoms with E-state index >= 15 is 0 Å². The van der Waals surface area contributed by atoms with Crippen molar-refractivity contribution in [1.82, 2.24) is 19.7 Å². The van der Waals surface area contributed by atoms with Crippen molar-refractivity contribution < 1.29 is 19.8 Å². The molecule has 8 nitrogen and oxygen atoms in total. The predicted octanol–water partition coefficient (Wildman–Crippen LogP) is -0.575. The minimum atomic E-state index is -0.963. The molecule has 0 atom stereocenters.